The second-order valence-corrected chi connectivity index (χ2v) is 4.74. The average Bonchev–Trinajstić information content (AvgIpc) is 2.49. The average molecular weight is 270 g/mol. The Morgan fingerprint density at radius 1 is 0.900 bits per heavy atom. The van der Waals surface area contributed by atoms with Crippen molar-refractivity contribution in [1.82, 2.24) is 0 Å². The van der Waals surface area contributed by atoms with Crippen LogP contribution in [0.25, 0.3) is 0 Å². The van der Waals surface area contributed by atoms with Gasteiger partial charge in [0.25, 0.3) is 0 Å². The van der Waals surface area contributed by atoms with Crippen LogP contribution in [0.2, 0.25) is 0 Å². The molecule has 0 fully saturated rings. The Hall–Kier alpha value is -2.16. The molecule has 2 aromatic rings. The Bertz CT molecular complexity index is 516. The lowest BCUT2D eigenvalue weighted by atomic mass is 10.2. The summed E-state index contributed by atoms with van der Waals surface area (Å²) in [5.41, 5.74) is 3.52. The molecular weight excluding hydrogens is 248 g/mol. The minimum atomic E-state index is 0.291. The van der Waals surface area contributed by atoms with Crippen molar-refractivity contribution in [2.45, 2.75) is 20.4 Å². The van der Waals surface area contributed by atoms with Crippen LogP contribution in [-0.4, -0.2) is 18.2 Å². The molecule has 2 N–H and O–H groups in total. The third-order valence-electron chi connectivity index (χ3n) is 3.43. The minimum Gasteiger partial charge on any atom is -0.508 e. The summed E-state index contributed by atoms with van der Waals surface area (Å²) in [5.74, 6) is 0.291. The highest BCUT2D eigenvalue weighted by atomic mass is 16.3. The van der Waals surface area contributed by atoms with E-state index in [0.29, 0.717) is 5.75 Å². The van der Waals surface area contributed by atoms with E-state index in [1.807, 2.05) is 12.1 Å². The summed E-state index contributed by atoms with van der Waals surface area (Å²) >= 11 is 0. The van der Waals surface area contributed by atoms with Gasteiger partial charge in [-0.05, 0) is 55.8 Å². The van der Waals surface area contributed by atoms with E-state index in [1.165, 1.54) is 11.3 Å². The maximum absolute atomic E-state index is 9.24. The molecule has 0 aliphatic carbocycles. The van der Waals surface area contributed by atoms with Gasteiger partial charge in [0.2, 0.25) is 0 Å². The molecule has 0 bridgehead atoms. The topological polar surface area (TPSA) is 35.5 Å². The van der Waals surface area contributed by atoms with Crippen LogP contribution < -0.4 is 10.2 Å². The fourth-order valence-electron chi connectivity index (χ4n) is 2.20. The van der Waals surface area contributed by atoms with E-state index in [9.17, 15) is 5.11 Å². The zero-order chi connectivity index (χ0) is 14.4. The SMILES string of the molecule is CCN(CC)c1ccc(CNc2ccc(O)cc2)cc1. The monoisotopic (exact) mass is 270 g/mol. The van der Waals surface area contributed by atoms with E-state index < -0.39 is 0 Å². The maximum Gasteiger partial charge on any atom is 0.115 e. The molecule has 2 aromatic carbocycles. The smallest absolute Gasteiger partial charge is 0.115 e. The lowest BCUT2D eigenvalue weighted by molar-refractivity contribution is 0.475. The molecule has 0 saturated carbocycles. The summed E-state index contributed by atoms with van der Waals surface area (Å²) in [4.78, 5) is 2.33. The Morgan fingerprint density at radius 2 is 1.50 bits per heavy atom. The summed E-state index contributed by atoms with van der Waals surface area (Å²) < 4.78 is 0. The third-order valence-corrected chi connectivity index (χ3v) is 3.43. The Morgan fingerprint density at radius 3 is 2.05 bits per heavy atom. The van der Waals surface area contributed by atoms with E-state index in [2.05, 4.69) is 48.3 Å². The molecule has 3 nitrogen and oxygen atoms in total. The van der Waals surface area contributed by atoms with Crippen molar-refractivity contribution in [1.29, 1.82) is 0 Å². The van der Waals surface area contributed by atoms with Crippen LogP contribution in [-0.2, 0) is 6.54 Å². The molecule has 0 radical (unpaired) electrons. The van der Waals surface area contributed by atoms with Crippen molar-refractivity contribution < 1.29 is 5.11 Å². The Balaban J connectivity index is 1.95. The summed E-state index contributed by atoms with van der Waals surface area (Å²) in [6, 6.07) is 15.8. The van der Waals surface area contributed by atoms with Gasteiger partial charge < -0.3 is 15.3 Å². The first-order valence-corrected chi connectivity index (χ1v) is 7.09. The van der Waals surface area contributed by atoms with Gasteiger partial charge >= 0.3 is 0 Å². The molecule has 2 rings (SSSR count). The number of benzene rings is 2. The molecular formula is C17H22N2O. The predicted octanol–water partition coefficient (Wildman–Crippen LogP) is 3.85. The summed E-state index contributed by atoms with van der Waals surface area (Å²) in [6.45, 7) is 7.18. The molecule has 0 heterocycles. The van der Waals surface area contributed by atoms with Gasteiger partial charge in [0, 0.05) is 31.0 Å². The lowest BCUT2D eigenvalue weighted by Crippen LogP contribution is -2.21. The van der Waals surface area contributed by atoms with Crippen LogP contribution in [0.3, 0.4) is 0 Å². The number of hydrogen-bond donors (Lipinski definition) is 2. The molecule has 0 amide bonds. The zero-order valence-corrected chi connectivity index (χ0v) is 12.1. The summed E-state index contributed by atoms with van der Waals surface area (Å²) in [5, 5.41) is 12.6. The van der Waals surface area contributed by atoms with Gasteiger partial charge in [-0.3, -0.25) is 0 Å². The number of anilines is 2. The Kier molecular flexibility index (Phi) is 4.88. The van der Waals surface area contributed by atoms with Crippen molar-refractivity contribution in [3.8, 4) is 5.75 Å². The molecule has 0 spiro atoms. The highest BCUT2D eigenvalue weighted by Gasteiger charge is 2.01. The van der Waals surface area contributed by atoms with Gasteiger partial charge in [0.15, 0.2) is 0 Å². The number of nitrogens with one attached hydrogen (secondary N) is 1. The van der Waals surface area contributed by atoms with Crippen LogP contribution in [0.4, 0.5) is 11.4 Å². The second kappa shape index (κ2) is 6.85. The van der Waals surface area contributed by atoms with Crippen LogP contribution in [0.5, 0.6) is 5.75 Å². The van der Waals surface area contributed by atoms with Crippen molar-refractivity contribution in [3.05, 3.63) is 54.1 Å². The maximum atomic E-state index is 9.24. The van der Waals surface area contributed by atoms with Gasteiger partial charge in [-0.2, -0.15) is 0 Å². The first-order valence-electron chi connectivity index (χ1n) is 7.09. The van der Waals surface area contributed by atoms with Crippen molar-refractivity contribution in [2.24, 2.45) is 0 Å². The van der Waals surface area contributed by atoms with Crippen LogP contribution in [0.15, 0.2) is 48.5 Å². The molecule has 0 aromatic heterocycles. The molecule has 0 unspecified atom stereocenters. The van der Waals surface area contributed by atoms with Crippen molar-refractivity contribution in [3.63, 3.8) is 0 Å². The van der Waals surface area contributed by atoms with Crippen LogP contribution in [0, 0.1) is 0 Å². The molecule has 3 heteroatoms. The van der Waals surface area contributed by atoms with Gasteiger partial charge in [-0.1, -0.05) is 12.1 Å². The first-order chi connectivity index (χ1) is 9.72. The Labute approximate surface area is 120 Å². The summed E-state index contributed by atoms with van der Waals surface area (Å²) in [6.07, 6.45) is 0. The van der Waals surface area contributed by atoms with E-state index in [4.69, 9.17) is 0 Å². The molecule has 0 saturated heterocycles. The standard InChI is InChI=1S/C17H22N2O/c1-3-19(4-2)16-9-5-14(6-10-16)13-18-15-7-11-17(20)12-8-15/h5-12,18,20H,3-4,13H2,1-2H3. The normalized spacial score (nSPS) is 10.3. The van der Waals surface area contributed by atoms with Crippen LogP contribution in [0.1, 0.15) is 19.4 Å². The third kappa shape index (κ3) is 3.67. The van der Waals surface area contributed by atoms with Gasteiger partial charge in [0.1, 0.15) is 5.75 Å². The highest BCUT2D eigenvalue weighted by molar-refractivity contribution is 5.49. The predicted molar refractivity (Wildman–Crippen MR) is 85.4 cm³/mol. The molecule has 0 aliphatic heterocycles. The number of aromatic hydroxyl groups is 1. The molecule has 0 atom stereocenters. The van der Waals surface area contributed by atoms with Gasteiger partial charge in [0.05, 0.1) is 0 Å². The lowest BCUT2D eigenvalue weighted by Gasteiger charge is -2.21. The van der Waals surface area contributed by atoms with E-state index >= 15 is 0 Å². The zero-order valence-electron chi connectivity index (χ0n) is 12.1. The van der Waals surface area contributed by atoms with Crippen molar-refractivity contribution in [2.75, 3.05) is 23.3 Å². The number of rotatable bonds is 6. The van der Waals surface area contributed by atoms with E-state index in [-0.39, 0.29) is 0 Å². The number of hydrogen-bond acceptors (Lipinski definition) is 3. The first kappa shape index (κ1) is 14.3. The van der Waals surface area contributed by atoms with Crippen LogP contribution >= 0.6 is 0 Å². The minimum absolute atomic E-state index is 0.291. The molecule has 20 heavy (non-hydrogen) atoms. The quantitative estimate of drug-likeness (QED) is 0.783. The van der Waals surface area contributed by atoms with Gasteiger partial charge in [-0.15, -0.1) is 0 Å². The number of nitrogens with zero attached hydrogens (tertiary/aromatic N) is 1. The van der Waals surface area contributed by atoms with E-state index in [0.717, 1.165) is 25.3 Å². The highest BCUT2D eigenvalue weighted by Crippen LogP contribution is 2.17. The second-order valence-electron chi connectivity index (χ2n) is 4.74. The largest absolute Gasteiger partial charge is 0.508 e. The molecule has 0 aliphatic rings. The van der Waals surface area contributed by atoms with Crippen molar-refractivity contribution >= 4 is 11.4 Å². The van der Waals surface area contributed by atoms with Gasteiger partial charge in [-0.25, -0.2) is 0 Å². The molecule has 106 valence electrons. The van der Waals surface area contributed by atoms with E-state index in [1.54, 1.807) is 12.1 Å². The number of phenols is 1. The number of phenolic OH excluding ortho intramolecular Hbond substituents is 1. The summed E-state index contributed by atoms with van der Waals surface area (Å²) in [7, 11) is 0. The fourth-order valence-corrected chi connectivity index (χ4v) is 2.20. The fraction of sp³-hybridized carbons (Fsp3) is 0.294.